The molecule has 0 heterocycles. The van der Waals surface area contributed by atoms with Crippen molar-refractivity contribution in [1.29, 1.82) is 0 Å². The maximum atomic E-state index is 12.9. The molecule has 13 heavy (non-hydrogen) atoms. The lowest BCUT2D eigenvalue weighted by Gasteiger charge is -2.09. The molecule has 5 heteroatoms. The van der Waals surface area contributed by atoms with Crippen molar-refractivity contribution in [2.45, 2.75) is 13.1 Å². The van der Waals surface area contributed by atoms with Gasteiger partial charge in [-0.1, -0.05) is 17.7 Å². The standard InChI is InChI=1S/C8H5ClF4/c1-4-2-3-5(8(11,12)13)7(10)6(4)9/h2-3H,1H3. The van der Waals surface area contributed by atoms with E-state index in [4.69, 9.17) is 11.6 Å². The van der Waals surface area contributed by atoms with E-state index in [0.29, 0.717) is 6.07 Å². The van der Waals surface area contributed by atoms with Gasteiger partial charge in [0.25, 0.3) is 0 Å². The van der Waals surface area contributed by atoms with Crippen molar-refractivity contribution in [2.75, 3.05) is 0 Å². The molecule has 0 atom stereocenters. The molecule has 0 saturated heterocycles. The molecule has 0 aliphatic rings. The molecule has 0 radical (unpaired) electrons. The minimum absolute atomic E-state index is 0.284. The van der Waals surface area contributed by atoms with E-state index in [2.05, 4.69) is 0 Å². The van der Waals surface area contributed by atoms with Gasteiger partial charge in [0.1, 0.15) is 0 Å². The summed E-state index contributed by atoms with van der Waals surface area (Å²) in [5.74, 6) is -1.41. The molecule has 1 aromatic carbocycles. The minimum atomic E-state index is -4.69. The van der Waals surface area contributed by atoms with Crippen molar-refractivity contribution >= 4 is 11.6 Å². The van der Waals surface area contributed by atoms with Crippen LogP contribution in [0.5, 0.6) is 0 Å². The molecule has 0 aromatic heterocycles. The number of halogens is 5. The molecule has 72 valence electrons. The van der Waals surface area contributed by atoms with Gasteiger partial charge in [-0.25, -0.2) is 4.39 Å². The van der Waals surface area contributed by atoms with Crippen molar-refractivity contribution in [3.8, 4) is 0 Å². The van der Waals surface area contributed by atoms with Gasteiger partial charge in [0.2, 0.25) is 0 Å². The molecule has 0 aliphatic heterocycles. The molecule has 0 unspecified atom stereocenters. The number of benzene rings is 1. The quantitative estimate of drug-likeness (QED) is 0.574. The second-order valence-corrected chi connectivity index (χ2v) is 2.93. The first-order valence-corrected chi connectivity index (χ1v) is 3.73. The van der Waals surface area contributed by atoms with Crippen molar-refractivity contribution in [3.63, 3.8) is 0 Å². The van der Waals surface area contributed by atoms with Gasteiger partial charge in [-0.2, -0.15) is 13.2 Å². The van der Waals surface area contributed by atoms with Gasteiger partial charge in [-0.05, 0) is 18.6 Å². The molecule has 1 rings (SSSR count). The summed E-state index contributed by atoms with van der Waals surface area (Å²) < 4.78 is 49.1. The topological polar surface area (TPSA) is 0 Å². The maximum absolute atomic E-state index is 12.9. The minimum Gasteiger partial charge on any atom is -0.205 e. The van der Waals surface area contributed by atoms with Crippen LogP contribution in [0.2, 0.25) is 5.02 Å². The number of aryl methyl sites for hydroxylation is 1. The normalized spacial score (nSPS) is 11.8. The highest BCUT2D eigenvalue weighted by Crippen LogP contribution is 2.34. The SMILES string of the molecule is Cc1ccc(C(F)(F)F)c(F)c1Cl. The number of rotatable bonds is 0. The average molecular weight is 213 g/mol. The monoisotopic (exact) mass is 212 g/mol. The lowest BCUT2D eigenvalue weighted by molar-refractivity contribution is -0.139. The predicted molar refractivity (Wildman–Crippen MR) is 41.1 cm³/mol. The Morgan fingerprint density at radius 2 is 1.77 bits per heavy atom. The summed E-state index contributed by atoms with van der Waals surface area (Å²) in [7, 11) is 0. The van der Waals surface area contributed by atoms with E-state index in [1.54, 1.807) is 0 Å². The Bertz CT molecular complexity index is 330. The van der Waals surface area contributed by atoms with E-state index in [9.17, 15) is 17.6 Å². The Kier molecular flexibility index (Phi) is 2.52. The second-order valence-electron chi connectivity index (χ2n) is 2.56. The summed E-state index contributed by atoms with van der Waals surface area (Å²) in [5, 5.41) is -0.477. The van der Waals surface area contributed by atoms with Crippen LogP contribution in [0.1, 0.15) is 11.1 Å². The molecule has 0 N–H and O–H groups in total. The van der Waals surface area contributed by atoms with Crippen LogP contribution in [-0.4, -0.2) is 0 Å². The average Bonchev–Trinajstić information content (AvgIpc) is 1.98. The molecule has 0 bridgehead atoms. The van der Waals surface area contributed by atoms with Crippen LogP contribution >= 0.6 is 11.6 Å². The molecule has 0 amide bonds. The van der Waals surface area contributed by atoms with Gasteiger partial charge in [-0.15, -0.1) is 0 Å². The van der Waals surface area contributed by atoms with Gasteiger partial charge < -0.3 is 0 Å². The van der Waals surface area contributed by atoms with Crippen molar-refractivity contribution in [3.05, 3.63) is 34.1 Å². The van der Waals surface area contributed by atoms with E-state index in [0.717, 1.165) is 6.07 Å². The zero-order valence-corrected chi connectivity index (χ0v) is 7.30. The van der Waals surface area contributed by atoms with Gasteiger partial charge >= 0.3 is 6.18 Å². The van der Waals surface area contributed by atoms with Crippen LogP contribution in [0.3, 0.4) is 0 Å². The fourth-order valence-corrected chi connectivity index (χ4v) is 1.03. The van der Waals surface area contributed by atoms with Crippen LogP contribution in [-0.2, 0) is 6.18 Å². The van der Waals surface area contributed by atoms with Gasteiger partial charge in [0.05, 0.1) is 10.6 Å². The molecule has 0 spiro atoms. The van der Waals surface area contributed by atoms with Gasteiger partial charge in [0, 0.05) is 0 Å². The molecular weight excluding hydrogens is 208 g/mol. The molecule has 0 fully saturated rings. The molecular formula is C8H5ClF4. The Hall–Kier alpha value is -0.770. The van der Waals surface area contributed by atoms with Crippen molar-refractivity contribution < 1.29 is 17.6 Å². The van der Waals surface area contributed by atoms with Crippen LogP contribution < -0.4 is 0 Å². The summed E-state index contributed by atoms with van der Waals surface area (Å²) in [4.78, 5) is 0. The highest BCUT2D eigenvalue weighted by atomic mass is 35.5. The highest BCUT2D eigenvalue weighted by Gasteiger charge is 2.35. The number of hydrogen-bond donors (Lipinski definition) is 0. The molecule has 0 nitrogen and oxygen atoms in total. The van der Waals surface area contributed by atoms with E-state index >= 15 is 0 Å². The van der Waals surface area contributed by atoms with E-state index in [-0.39, 0.29) is 5.56 Å². The Morgan fingerprint density at radius 3 is 2.23 bits per heavy atom. The first-order chi connectivity index (χ1) is 5.84. The summed E-state index contributed by atoms with van der Waals surface area (Å²) >= 11 is 5.31. The van der Waals surface area contributed by atoms with Crippen molar-refractivity contribution in [1.82, 2.24) is 0 Å². The third-order valence-corrected chi connectivity index (χ3v) is 2.04. The number of hydrogen-bond acceptors (Lipinski definition) is 0. The van der Waals surface area contributed by atoms with E-state index in [1.807, 2.05) is 0 Å². The third-order valence-electron chi connectivity index (χ3n) is 1.58. The van der Waals surface area contributed by atoms with E-state index in [1.165, 1.54) is 6.92 Å². The van der Waals surface area contributed by atoms with Gasteiger partial charge in [0.15, 0.2) is 5.82 Å². The Labute approximate surface area is 77.1 Å². The molecule has 1 aromatic rings. The summed E-state index contributed by atoms with van der Waals surface area (Å²) in [6.07, 6.45) is -4.69. The third kappa shape index (κ3) is 1.94. The summed E-state index contributed by atoms with van der Waals surface area (Å²) in [6.45, 7) is 1.44. The van der Waals surface area contributed by atoms with Crippen LogP contribution in [0, 0.1) is 12.7 Å². The summed E-state index contributed by atoms with van der Waals surface area (Å²) in [5.41, 5.74) is -1.05. The second kappa shape index (κ2) is 3.18. The Morgan fingerprint density at radius 1 is 1.23 bits per heavy atom. The Balaban J connectivity index is 3.35. The van der Waals surface area contributed by atoms with Crippen LogP contribution in [0.4, 0.5) is 17.6 Å². The first-order valence-electron chi connectivity index (χ1n) is 3.36. The van der Waals surface area contributed by atoms with Crippen LogP contribution in [0.25, 0.3) is 0 Å². The number of alkyl halides is 3. The zero-order valence-electron chi connectivity index (χ0n) is 6.54. The van der Waals surface area contributed by atoms with Gasteiger partial charge in [-0.3, -0.25) is 0 Å². The molecule has 0 aliphatic carbocycles. The lowest BCUT2D eigenvalue weighted by atomic mass is 10.1. The molecule has 0 saturated carbocycles. The first kappa shape index (κ1) is 10.3. The van der Waals surface area contributed by atoms with E-state index < -0.39 is 22.6 Å². The largest absolute Gasteiger partial charge is 0.419 e. The predicted octanol–water partition coefficient (Wildman–Crippen LogP) is 3.81. The zero-order chi connectivity index (χ0) is 10.2. The highest BCUT2D eigenvalue weighted by molar-refractivity contribution is 6.31. The summed E-state index contributed by atoms with van der Waals surface area (Å²) in [6, 6.07) is 1.81. The lowest BCUT2D eigenvalue weighted by Crippen LogP contribution is -2.08. The fourth-order valence-electron chi connectivity index (χ4n) is 0.865. The fraction of sp³-hybridized carbons (Fsp3) is 0.250. The smallest absolute Gasteiger partial charge is 0.205 e. The maximum Gasteiger partial charge on any atom is 0.419 e. The van der Waals surface area contributed by atoms with Crippen molar-refractivity contribution in [2.24, 2.45) is 0 Å². The van der Waals surface area contributed by atoms with Crippen LogP contribution in [0.15, 0.2) is 12.1 Å².